The number of aromatic amines is 1. The van der Waals surface area contributed by atoms with Crippen LogP contribution in [0, 0.1) is 17.8 Å². The van der Waals surface area contributed by atoms with E-state index in [4.69, 9.17) is 5.73 Å². The molecule has 3 N–H and O–H groups in total. The molecule has 2 aromatic rings. The first-order valence-corrected chi connectivity index (χ1v) is 10.6. The SMILES string of the molecule is NC(=O)c1nccc2[nH]c([C@@H]3CC(F)(F)CCC3C3CCC(C(F)F)CC3)cc(=O)c12. The quantitative estimate of drug-likeness (QED) is 0.682. The molecule has 1 unspecified atom stereocenters. The summed E-state index contributed by atoms with van der Waals surface area (Å²) in [6.45, 7) is 0. The highest BCUT2D eigenvalue weighted by Gasteiger charge is 2.46. The number of carbonyl (C=O) groups excluding carboxylic acids is 1. The molecular formula is C22H25F4N3O2. The zero-order valence-electron chi connectivity index (χ0n) is 16.9. The summed E-state index contributed by atoms with van der Waals surface area (Å²) >= 11 is 0. The van der Waals surface area contributed by atoms with Gasteiger partial charge in [0.25, 0.3) is 5.91 Å². The van der Waals surface area contributed by atoms with E-state index < -0.39 is 41.9 Å². The third kappa shape index (κ3) is 4.32. The molecule has 0 saturated heterocycles. The van der Waals surface area contributed by atoms with Crippen molar-refractivity contribution in [3.8, 4) is 0 Å². The predicted molar refractivity (Wildman–Crippen MR) is 107 cm³/mol. The summed E-state index contributed by atoms with van der Waals surface area (Å²) in [5.74, 6) is -4.98. The van der Waals surface area contributed by atoms with E-state index in [0.717, 1.165) is 0 Å². The number of fused-ring (bicyclic) bond motifs is 1. The van der Waals surface area contributed by atoms with Gasteiger partial charge in [0.2, 0.25) is 12.3 Å². The Morgan fingerprint density at radius 3 is 2.55 bits per heavy atom. The van der Waals surface area contributed by atoms with Crippen LogP contribution in [0.3, 0.4) is 0 Å². The number of carbonyl (C=O) groups is 1. The number of halogens is 4. The van der Waals surface area contributed by atoms with Gasteiger partial charge in [0, 0.05) is 42.6 Å². The lowest BCUT2D eigenvalue weighted by Gasteiger charge is -2.42. The monoisotopic (exact) mass is 439 g/mol. The van der Waals surface area contributed by atoms with Crippen molar-refractivity contribution >= 4 is 16.8 Å². The number of H-pyrrole nitrogens is 1. The molecule has 2 fully saturated rings. The summed E-state index contributed by atoms with van der Waals surface area (Å²) < 4.78 is 54.8. The fraction of sp³-hybridized carbons (Fsp3) is 0.591. The molecule has 2 aromatic heterocycles. The summed E-state index contributed by atoms with van der Waals surface area (Å²) in [6.07, 6.45) is 0.569. The van der Waals surface area contributed by atoms with E-state index in [0.29, 0.717) is 36.9 Å². The van der Waals surface area contributed by atoms with Gasteiger partial charge in [0.05, 0.1) is 10.9 Å². The zero-order chi connectivity index (χ0) is 22.3. The lowest BCUT2D eigenvalue weighted by atomic mass is 9.65. The summed E-state index contributed by atoms with van der Waals surface area (Å²) in [4.78, 5) is 31.3. The number of aromatic nitrogens is 2. The van der Waals surface area contributed by atoms with E-state index in [-0.39, 0.29) is 35.8 Å². The van der Waals surface area contributed by atoms with E-state index in [1.54, 1.807) is 0 Å². The molecule has 0 spiro atoms. The number of primary amides is 1. The van der Waals surface area contributed by atoms with Crippen molar-refractivity contribution in [1.82, 2.24) is 9.97 Å². The van der Waals surface area contributed by atoms with Crippen LogP contribution < -0.4 is 11.2 Å². The minimum atomic E-state index is -2.86. The van der Waals surface area contributed by atoms with Gasteiger partial charge in [-0.2, -0.15) is 0 Å². The van der Waals surface area contributed by atoms with Crippen molar-refractivity contribution in [2.45, 2.75) is 63.2 Å². The molecule has 1 amide bonds. The normalized spacial score (nSPS) is 28.7. The molecule has 2 aliphatic carbocycles. The molecule has 0 bridgehead atoms. The number of pyridine rings is 2. The van der Waals surface area contributed by atoms with E-state index in [1.807, 2.05) is 0 Å². The molecule has 5 nitrogen and oxygen atoms in total. The lowest BCUT2D eigenvalue weighted by Crippen LogP contribution is -2.37. The average molecular weight is 439 g/mol. The van der Waals surface area contributed by atoms with Gasteiger partial charge in [-0.3, -0.25) is 14.6 Å². The Labute approximate surface area is 176 Å². The van der Waals surface area contributed by atoms with Gasteiger partial charge in [-0.15, -0.1) is 0 Å². The fourth-order valence-corrected chi connectivity index (χ4v) is 5.49. The van der Waals surface area contributed by atoms with E-state index in [9.17, 15) is 27.2 Å². The Morgan fingerprint density at radius 2 is 1.90 bits per heavy atom. The topological polar surface area (TPSA) is 88.8 Å². The van der Waals surface area contributed by atoms with Gasteiger partial charge >= 0.3 is 0 Å². The minimum absolute atomic E-state index is 0.0373. The Balaban J connectivity index is 1.70. The van der Waals surface area contributed by atoms with Crippen LogP contribution in [-0.2, 0) is 0 Å². The molecule has 2 saturated carbocycles. The molecular weight excluding hydrogens is 414 g/mol. The number of nitrogens with zero attached hydrogens (tertiary/aromatic N) is 1. The number of nitrogens with one attached hydrogen (secondary N) is 1. The van der Waals surface area contributed by atoms with Crippen molar-refractivity contribution in [3.63, 3.8) is 0 Å². The molecule has 168 valence electrons. The van der Waals surface area contributed by atoms with Crippen molar-refractivity contribution < 1.29 is 22.4 Å². The Kier molecular flexibility index (Phi) is 5.79. The van der Waals surface area contributed by atoms with Crippen molar-refractivity contribution in [1.29, 1.82) is 0 Å². The highest BCUT2D eigenvalue weighted by Crippen LogP contribution is 2.51. The number of nitrogens with two attached hydrogens (primary N) is 1. The van der Waals surface area contributed by atoms with Gasteiger partial charge in [-0.25, -0.2) is 17.6 Å². The Hall–Kier alpha value is -2.45. The third-order valence-corrected chi connectivity index (χ3v) is 7.05. The molecule has 2 atom stereocenters. The Morgan fingerprint density at radius 1 is 1.19 bits per heavy atom. The number of hydrogen-bond acceptors (Lipinski definition) is 3. The van der Waals surface area contributed by atoms with Crippen molar-refractivity contribution in [2.24, 2.45) is 23.5 Å². The standard InChI is InChI=1S/C22H25F4N3O2/c23-20(24)12-3-1-11(2-4-12)13-5-7-22(25,26)10-14(13)16-9-17(30)18-15(29-16)6-8-28-19(18)21(27)31/h6,8-9,11-14,20H,1-5,7,10H2,(H2,27,31)(H,29,30)/t11?,12?,13?,14-/m1/s1. The average Bonchev–Trinajstić information content (AvgIpc) is 2.72. The largest absolute Gasteiger partial charge is 0.364 e. The maximum atomic E-state index is 14.4. The van der Waals surface area contributed by atoms with Gasteiger partial charge < -0.3 is 10.7 Å². The maximum absolute atomic E-state index is 14.4. The van der Waals surface area contributed by atoms with E-state index >= 15 is 0 Å². The van der Waals surface area contributed by atoms with Crippen molar-refractivity contribution in [2.75, 3.05) is 0 Å². The summed E-state index contributed by atoms with van der Waals surface area (Å²) in [7, 11) is 0. The van der Waals surface area contributed by atoms with Gasteiger partial charge in [-0.05, 0) is 50.0 Å². The van der Waals surface area contributed by atoms with Crippen LogP contribution in [0.25, 0.3) is 10.9 Å². The Bertz CT molecular complexity index is 1030. The zero-order valence-corrected chi connectivity index (χ0v) is 16.9. The fourth-order valence-electron chi connectivity index (χ4n) is 5.49. The molecule has 2 heterocycles. The van der Waals surface area contributed by atoms with Crippen LogP contribution in [0.1, 0.15) is 67.0 Å². The lowest BCUT2D eigenvalue weighted by molar-refractivity contribution is -0.0676. The number of alkyl halides is 4. The third-order valence-electron chi connectivity index (χ3n) is 7.05. The first-order valence-electron chi connectivity index (χ1n) is 10.6. The van der Waals surface area contributed by atoms with Crippen molar-refractivity contribution in [3.05, 3.63) is 39.9 Å². The second kappa shape index (κ2) is 8.24. The van der Waals surface area contributed by atoms with Crippen LogP contribution in [0.15, 0.2) is 23.1 Å². The summed E-state index contributed by atoms with van der Waals surface area (Å²) in [6, 6.07) is 2.77. The van der Waals surface area contributed by atoms with Gasteiger partial charge in [-0.1, -0.05) is 0 Å². The second-order valence-corrected chi connectivity index (χ2v) is 8.91. The number of hydrogen-bond donors (Lipinski definition) is 2. The minimum Gasteiger partial charge on any atom is -0.364 e. The van der Waals surface area contributed by atoms with Crippen LogP contribution in [-0.4, -0.2) is 28.2 Å². The molecule has 2 aliphatic rings. The first kappa shape index (κ1) is 21.8. The van der Waals surface area contributed by atoms with Crippen LogP contribution >= 0.6 is 0 Å². The summed E-state index contributed by atoms with van der Waals surface area (Å²) in [5.41, 5.74) is 5.35. The first-order chi connectivity index (χ1) is 14.7. The molecule has 9 heteroatoms. The molecule has 4 rings (SSSR count). The number of amides is 1. The molecule has 0 radical (unpaired) electrons. The summed E-state index contributed by atoms with van der Waals surface area (Å²) in [5, 5.41) is 0.0373. The van der Waals surface area contributed by atoms with E-state index in [1.165, 1.54) is 18.3 Å². The maximum Gasteiger partial charge on any atom is 0.268 e. The van der Waals surface area contributed by atoms with Crippen LogP contribution in [0.5, 0.6) is 0 Å². The highest BCUT2D eigenvalue weighted by atomic mass is 19.3. The molecule has 0 aliphatic heterocycles. The smallest absolute Gasteiger partial charge is 0.268 e. The van der Waals surface area contributed by atoms with Gasteiger partial charge in [0.1, 0.15) is 5.69 Å². The van der Waals surface area contributed by atoms with Crippen LogP contribution in [0.2, 0.25) is 0 Å². The number of rotatable bonds is 4. The highest BCUT2D eigenvalue weighted by molar-refractivity contribution is 6.03. The molecule has 31 heavy (non-hydrogen) atoms. The van der Waals surface area contributed by atoms with Crippen LogP contribution in [0.4, 0.5) is 17.6 Å². The van der Waals surface area contributed by atoms with Gasteiger partial charge in [0.15, 0.2) is 5.43 Å². The predicted octanol–water partition coefficient (Wildman–Crippen LogP) is 4.61. The van der Waals surface area contributed by atoms with E-state index in [2.05, 4.69) is 9.97 Å². The second-order valence-electron chi connectivity index (χ2n) is 8.91. The molecule has 0 aromatic carbocycles.